The van der Waals surface area contributed by atoms with Crippen LogP contribution in [0.3, 0.4) is 0 Å². The molecule has 0 aliphatic carbocycles. The number of piperazine rings is 1. The van der Waals surface area contributed by atoms with Crippen LogP contribution < -0.4 is 0 Å². The van der Waals surface area contributed by atoms with E-state index in [1.54, 1.807) is 17.0 Å². The highest BCUT2D eigenvalue weighted by Crippen LogP contribution is 2.21. The van der Waals surface area contributed by atoms with Gasteiger partial charge in [-0.2, -0.15) is 4.31 Å². The van der Waals surface area contributed by atoms with E-state index in [1.165, 1.54) is 11.2 Å². The monoisotopic (exact) mass is 408 g/mol. The van der Waals surface area contributed by atoms with Crippen LogP contribution in [-0.4, -0.2) is 49.7 Å². The lowest BCUT2D eigenvalue weighted by Crippen LogP contribution is -2.49. The van der Waals surface area contributed by atoms with Gasteiger partial charge in [-0.05, 0) is 53.3 Å². The summed E-state index contributed by atoms with van der Waals surface area (Å²) in [6.45, 7) is 5.02. The maximum absolute atomic E-state index is 12.5. The molecule has 0 unspecified atom stereocenters. The molecule has 1 fully saturated rings. The van der Waals surface area contributed by atoms with Crippen LogP contribution in [0.4, 0.5) is 0 Å². The zero-order valence-electron chi connectivity index (χ0n) is 11.5. The molecule has 0 saturated carbocycles. The molecule has 7 heteroatoms. The number of halogens is 1. The number of hydrogen-bond acceptors (Lipinski definition) is 3. The molecule has 0 atom stereocenters. The van der Waals surface area contributed by atoms with Gasteiger partial charge in [0.05, 0.1) is 4.90 Å². The van der Waals surface area contributed by atoms with E-state index in [0.29, 0.717) is 31.1 Å². The molecule has 110 valence electrons. The lowest BCUT2D eigenvalue weighted by Gasteiger charge is -2.33. The third-order valence-corrected chi connectivity index (χ3v) is 6.56. The minimum atomic E-state index is -3.46. The smallest absolute Gasteiger partial charge is 0.243 e. The first kappa shape index (κ1) is 15.7. The van der Waals surface area contributed by atoms with Crippen molar-refractivity contribution in [3.05, 3.63) is 27.3 Å². The maximum Gasteiger partial charge on any atom is 0.243 e. The van der Waals surface area contributed by atoms with Crippen molar-refractivity contribution in [3.8, 4) is 0 Å². The van der Waals surface area contributed by atoms with Crippen LogP contribution in [0.2, 0.25) is 0 Å². The van der Waals surface area contributed by atoms with Crippen LogP contribution in [-0.2, 0) is 14.8 Å². The molecular formula is C13H17IN2O3S. The van der Waals surface area contributed by atoms with Gasteiger partial charge in [0.2, 0.25) is 15.9 Å². The summed E-state index contributed by atoms with van der Waals surface area (Å²) in [6, 6.07) is 5.16. The predicted molar refractivity (Wildman–Crippen MR) is 84.9 cm³/mol. The number of sulfonamides is 1. The van der Waals surface area contributed by atoms with Gasteiger partial charge in [-0.3, -0.25) is 4.79 Å². The van der Waals surface area contributed by atoms with Gasteiger partial charge in [0, 0.05) is 36.7 Å². The molecule has 0 bridgehead atoms. The molecule has 1 heterocycles. The Morgan fingerprint density at radius 3 is 2.30 bits per heavy atom. The molecule has 0 aromatic heterocycles. The number of benzene rings is 1. The highest BCUT2D eigenvalue weighted by Gasteiger charge is 2.29. The van der Waals surface area contributed by atoms with Crippen LogP contribution >= 0.6 is 22.6 Å². The Kier molecular flexibility index (Phi) is 4.70. The number of rotatable bonds is 2. The van der Waals surface area contributed by atoms with E-state index in [-0.39, 0.29) is 5.91 Å². The van der Waals surface area contributed by atoms with Gasteiger partial charge in [0.1, 0.15) is 0 Å². The average molecular weight is 408 g/mol. The number of hydrogen-bond donors (Lipinski definition) is 0. The lowest BCUT2D eigenvalue weighted by atomic mass is 10.2. The number of carbonyl (C=O) groups is 1. The molecule has 1 aromatic carbocycles. The van der Waals surface area contributed by atoms with Gasteiger partial charge in [0.25, 0.3) is 0 Å². The van der Waals surface area contributed by atoms with Gasteiger partial charge >= 0.3 is 0 Å². The van der Waals surface area contributed by atoms with Gasteiger partial charge in [0.15, 0.2) is 0 Å². The summed E-state index contributed by atoms with van der Waals surface area (Å²) in [5.41, 5.74) is 0.953. The van der Waals surface area contributed by atoms with Crippen molar-refractivity contribution >= 4 is 38.5 Å². The van der Waals surface area contributed by atoms with Crippen molar-refractivity contribution in [3.63, 3.8) is 0 Å². The Labute approximate surface area is 133 Å². The highest BCUT2D eigenvalue weighted by molar-refractivity contribution is 14.1. The Hall–Kier alpha value is -0.670. The standard InChI is InChI=1S/C13H17IN2O3S/c1-10-9-12(3-4-13(10)14)20(18,19)16-7-5-15(6-8-16)11(2)17/h3-4,9H,5-8H2,1-2H3. The van der Waals surface area contributed by atoms with Crippen molar-refractivity contribution in [2.75, 3.05) is 26.2 Å². The summed E-state index contributed by atoms with van der Waals surface area (Å²) in [7, 11) is -3.46. The molecular weight excluding hydrogens is 391 g/mol. The molecule has 5 nitrogen and oxygen atoms in total. The second-order valence-corrected chi connectivity index (χ2v) is 7.92. The largest absolute Gasteiger partial charge is 0.340 e. The number of nitrogens with zero attached hydrogens (tertiary/aromatic N) is 2. The van der Waals surface area contributed by atoms with Gasteiger partial charge < -0.3 is 4.90 Å². The van der Waals surface area contributed by atoms with Gasteiger partial charge in [-0.1, -0.05) is 0 Å². The number of aryl methyl sites for hydroxylation is 1. The van der Waals surface area contributed by atoms with Crippen LogP contribution in [0, 0.1) is 10.5 Å². The van der Waals surface area contributed by atoms with E-state index in [9.17, 15) is 13.2 Å². The Morgan fingerprint density at radius 2 is 1.80 bits per heavy atom. The summed E-state index contributed by atoms with van der Waals surface area (Å²) < 4.78 is 27.6. The molecule has 1 aromatic rings. The first-order valence-electron chi connectivity index (χ1n) is 6.34. The maximum atomic E-state index is 12.5. The quantitative estimate of drug-likeness (QED) is 0.697. The minimum Gasteiger partial charge on any atom is -0.340 e. The average Bonchev–Trinajstić information content (AvgIpc) is 2.41. The zero-order valence-corrected chi connectivity index (χ0v) is 14.4. The van der Waals surface area contributed by atoms with Crippen molar-refractivity contribution in [1.29, 1.82) is 0 Å². The van der Waals surface area contributed by atoms with E-state index < -0.39 is 10.0 Å². The first-order chi connectivity index (χ1) is 9.32. The summed E-state index contributed by atoms with van der Waals surface area (Å²) in [4.78, 5) is 13.3. The topological polar surface area (TPSA) is 57.7 Å². The molecule has 0 spiro atoms. The SMILES string of the molecule is CC(=O)N1CCN(S(=O)(=O)c2ccc(I)c(C)c2)CC1. The van der Waals surface area contributed by atoms with Crippen LogP contribution in [0.15, 0.2) is 23.1 Å². The third kappa shape index (κ3) is 3.15. The highest BCUT2D eigenvalue weighted by atomic mass is 127. The second-order valence-electron chi connectivity index (χ2n) is 4.82. The third-order valence-electron chi connectivity index (χ3n) is 3.45. The number of amides is 1. The summed E-state index contributed by atoms with van der Waals surface area (Å²) >= 11 is 2.18. The molecule has 2 rings (SSSR count). The van der Waals surface area contributed by atoms with Crippen LogP contribution in [0.1, 0.15) is 12.5 Å². The first-order valence-corrected chi connectivity index (χ1v) is 8.86. The van der Waals surface area contributed by atoms with Crippen LogP contribution in [0.25, 0.3) is 0 Å². The van der Waals surface area contributed by atoms with Crippen LogP contribution in [0.5, 0.6) is 0 Å². The molecule has 1 amide bonds. The predicted octanol–water partition coefficient (Wildman–Crippen LogP) is 1.45. The molecule has 1 aliphatic heterocycles. The Bertz CT molecular complexity index is 623. The summed E-state index contributed by atoms with van der Waals surface area (Å²) in [5.74, 6) is -0.00726. The fraction of sp³-hybridized carbons (Fsp3) is 0.462. The Balaban J connectivity index is 2.19. The molecule has 0 radical (unpaired) electrons. The molecule has 20 heavy (non-hydrogen) atoms. The van der Waals surface area contributed by atoms with Crippen molar-refractivity contribution in [1.82, 2.24) is 9.21 Å². The molecule has 1 saturated heterocycles. The van der Waals surface area contributed by atoms with E-state index in [0.717, 1.165) is 9.13 Å². The van der Waals surface area contributed by atoms with E-state index in [1.807, 2.05) is 13.0 Å². The van der Waals surface area contributed by atoms with E-state index >= 15 is 0 Å². The van der Waals surface area contributed by atoms with Gasteiger partial charge in [-0.25, -0.2) is 8.42 Å². The van der Waals surface area contributed by atoms with Gasteiger partial charge in [-0.15, -0.1) is 0 Å². The number of carbonyl (C=O) groups excluding carboxylic acids is 1. The zero-order chi connectivity index (χ0) is 14.9. The minimum absolute atomic E-state index is 0.00726. The van der Waals surface area contributed by atoms with E-state index in [4.69, 9.17) is 0 Å². The normalized spacial score (nSPS) is 17.2. The summed E-state index contributed by atoms with van der Waals surface area (Å²) in [6.07, 6.45) is 0. The fourth-order valence-electron chi connectivity index (χ4n) is 2.17. The molecule has 1 aliphatic rings. The van der Waals surface area contributed by atoms with Crippen molar-refractivity contribution in [2.24, 2.45) is 0 Å². The van der Waals surface area contributed by atoms with Crippen molar-refractivity contribution in [2.45, 2.75) is 18.7 Å². The lowest BCUT2D eigenvalue weighted by molar-refractivity contribution is -0.129. The second kappa shape index (κ2) is 5.98. The fourth-order valence-corrected chi connectivity index (χ4v) is 4.01. The summed E-state index contributed by atoms with van der Waals surface area (Å²) in [5, 5.41) is 0. The molecule has 0 N–H and O–H groups in total. The Morgan fingerprint density at radius 1 is 1.20 bits per heavy atom. The van der Waals surface area contributed by atoms with Crippen molar-refractivity contribution < 1.29 is 13.2 Å². The van der Waals surface area contributed by atoms with E-state index in [2.05, 4.69) is 22.6 Å².